The minimum absolute atomic E-state index is 0.0526. The van der Waals surface area contributed by atoms with Crippen LogP contribution in [0.3, 0.4) is 0 Å². The molecule has 0 spiro atoms. The van der Waals surface area contributed by atoms with E-state index in [1.807, 2.05) is 0 Å². The van der Waals surface area contributed by atoms with Gasteiger partial charge in [0.1, 0.15) is 11.6 Å². The Labute approximate surface area is 153 Å². The van der Waals surface area contributed by atoms with E-state index < -0.39 is 0 Å². The minimum atomic E-state index is 0.0526. The third kappa shape index (κ3) is 2.95. The molecule has 1 saturated heterocycles. The lowest BCUT2D eigenvalue weighted by Gasteiger charge is -2.28. The Morgan fingerprint density at radius 2 is 2.08 bits per heavy atom. The quantitative estimate of drug-likeness (QED) is 0.840. The van der Waals surface area contributed by atoms with Crippen molar-refractivity contribution in [2.24, 2.45) is 5.92 Å². The first-order valence-corrected chi connectivity index (χ1v) is 9.30. The van der Waals surface area contributed by atoms with Crippen LogP contribution in [-0.4, -0.2) is 49.7 Å². The zero-order valence-electron chi connectivity index (χ0n) is 15.6. The van der Waals surface area contributed by atoms with Crippen LogP contribution in [-0.2, 0) is 19.4 Å². The van der Waals surface area contributed by atoms with Crippen molar-refractivity contribution in [2.45, 2.75) is 58.2 Å². The van der Waals surface area contributed by atoms with Gasteiger partial charge < -0.3 is 14.2 Å². The van der Waals surface area contributed by atoms with E-state index in [0.717, 1.165) is 43.9 Å². The largest absolute Gasteiger partial charge is 0.481 e. The molecule has 7 nitrogen and oxygen atoms in total. The summed E-state index contributed by atoms with van der Waals surface area (Å²) in [5, 5.41) is 8.83. The van der Waals surface area contributed by atoms with Crippen LogP contribution in [0.1, 0.15) is 48.7 Å². The number of fused-ring (bicyclic) bond motifs is 3. The maximum absolute atomic E-state index is 13.1. The second-order valence-electron chi connectivity index (χ2n) is 7.63. The first-order chi connectivity index (χ1) is 12.6. The molecule has 2 aliphatic rings. The van der Waals surface area contributed by atoms with Crippen molar-refractivity contribution < 1.29 is 9.53 Å². The molecule has 0 radical (unpaired) electrons. The van der Waals surface area contributed by atoms with E-state index in [1.165, 1.54) is 0 Å². The molecule has 0 saturated carbocycles. The van der Waals surface area contributed by atoms with Gasteiger partial charge in [0.25, 0.3) is 5.91 Å². The Balaban J connectivity index is 1.59. The van der Waals surface area contributed by atoms with E-state index in [9.17, 15) is 4.79 Å². The van der Waals surface area contributed by atoms with Crippen molar-refractivity contribution >= 4 is 5.91 Å². The van der Waals surface area contributed by atoms with Gasteiger partial charge in [-0.3, -0.25) is 4.79 Å². The normalized spacial score (nSPS) is 21.6. The van der Waals surface area contributed by atoms with Gasteiger partial charge in [-0.1, -0.05) is 13.8 Å². The van der Waals surface area contributed by atoms with Gasteiger partial charge in [0, 0.05) is 37.7 Å². The molecule has 1 amide bonds. The average molecular weight is 355 g/mol. The van der Waals surface area contributed by atoms with Gasteiger partial charge in [0.15, 0.2) is 0 Å². The summed E-state index contributed by atoms with van der Waals surface area (Å²) in [5.41, 5.74) is 0.614. The monoisotopic (exact) mass is 355 g/mol. The summed E-state index contributed by atoms with van der Waals surface area (Å²) in [6, 6.07) is 3.91. The maximum atomic E-state index is 13.1. The highest BCUT2D eigenvalue weighted by Gasteiger charge is 2.41. The summed E-state index contributed by atoms with van der Waals surface area (Å²) < 4.78 is 7.34. The fourth-order valence-corrected chi connectivity index (χ4v) is 4.12. The van der Waals surface area contributed by atoms with Crippen molar-refractivity contribution in [2.75, 3.05) is 7.11 Å². The molecule has 26 heavy (non-hydrogen) atoms. The fourth-order valence-electron chi connectivity index (χ4n) is 4.12. The SMILES string of the molecule is COc1ccc(C(=O)N2[C@@H]3CC[C@H]2Cc2nnc(CC(C)C)n2C3)cn1. The van der Waals surface area contributed by atoms with Crippen molar-refractivity contribution in [3.63, 3.8) is 0 Å². The number of hydrogen-bond acceptors (Lipinski definition) is 5. The summed E-state index contributed by atoms with van der Waals surface area (Å²) in [7, 11) is 1.57. The van der Waals surface area contributed by atoms with E-state index in [1.54, 1.807) is 25.4 Å². The molecular weight excluding hydrogens is 330 g/mol. The lowest BCUT2D eigenvalue weighted by Crippen LogP contribution is -2.42. The van der Waals surface area contributed by atoms with Crippen LogP contribution >= 0.6 is 0 Å². The number of nitrogens with zero attached hydrogens (tertiary/aromatic N) is 5. The van der Waals surface area contributed by atoms with E-state index >= 15 is 0 Å². The molecule has 0 N–H and O–H groups in total. The van der Waals surface area contributed by atoms with E-state index in [2.05, 4.69) is 38.5 Å². The van der Waals surface area contributed by atoms with Crippen LogP contribution in [0, 0.1) is 5.92 Å². The molecule has 1 fully saturated rings. The Kier molecular flexibility index (Phi) is 4.38. The summed E-state index contributed by atoms with van der Waals surface area (Å²) in [6.07, 6.45) is 5.35. The van der Waals surface area contributed by atoms with Crippen LogP contribution < -0.4 is 4.74 Å². The van der Waals surface area contributed by atoms with Gasteiger partial charge in [-0.15, -0.1) is 10.2 Å². The van der Waals surface area contributed by atoms with Gasteiger partial charge in [-0.2, -0.15) is 0 Å². The van der Waals surface area contributed by atoms with Gasteiger partial charge in [-0.05, 0) is 24.8 Å². The molecule has 7 heteroatoms. The van der Waals surface area contributed by atoms with Crippen LogP contribution in [0.25, 0.3) is 0 Å². The van der Waals surface area contributed by atoms with E-state index in [-0.39, 0.29) is 18.0 Å². The first-order valence-electron chi connectivity index (χ1n) is 9.30. The topological polar surface area (TPSA) is 73.1 Å². The molecule has 2 bridgehead atoms. The molecular formula is C19H25N5O2. The number of methoxy groups -OCH3 is 1. The summed E-state index contributed by atoms with van der Waals surface area (Å²) >= 11 is 0. The highest BCUT2D eigenvalue weighted by Crippen LogP contribution is 2.33. The molecule has 0 aliphatic carbocycles. The third-order valence-electron chi connectivity index (χ3n) is 5.35. The zero-order chi connectivity index (χ0) is 18.3. The number of carbonyl (C=O) groups excluding carboxylic acids is 1. The fraction of sp³-hybridized carbons (Fsp3) is 0.579. The Hall–Kier alpha value is -2.44. The second-order valence-corrected chi connectivity index (χ2v) is 7.63. The molecule has 2 aromatic rings. The highest BCUT2D eigenvalue weighted by molar-refractivity contribution is 5.94. The predicted octanol–water partition coefficient (Wildman–Crippen LogP) is 2.11. The number of hydrogen-bond donors (Lipinski definition) is 0. The summed E-state index contributed by atoms with van der Waals surface area (Å²) in [5.74, 6) is 3.16. The van der Waals surface area contributed by atoms with Gasteiger partial charge in [0.2, 0.25) is 5.88 Å². The lowest BCUT2D eigenvalue weighted by atomic mass is 10.1. The number of aromatic nitrogens is 4. The van der Waals surface area contributed by atoms with Crippen LogP contribution in [0.5, 0.6) is 5.88 Å². The minimum Gasteiger partial charge on any atom is -0.481 e. The zero-order valence-corrected chi connectivity index (χ0v) is 15.6. The van der Waals surface area contributed by atoms with Crippen LogP contribution in [0.4, 0.5) is 0 Å². The molecule has 4 heterocycles. The molecule has 0 unspecified atom stereocenters. The standard InChI is InChI=1S/C19H25N5O2/c1-12(2)8-16-21-22-17-9-14-5-6-15(11-23(16)17)24(14)19(25)13-4-7-18(26-3)20-10-13/h4,7,10,12,14-15H,5-6,8-9,11H2,1-3H3/t14-,15+/m0/s1. The van der Waals surface area contributed by atoms with Crippen molar-refractivity contribution in [1.29, 1.82) is 0 Å². The Morgan fingerprint density at radius 3 is 2.77 bits per heavy atom. The van der Waals surface area contributed by atoms with Gasteiger partial charge in [0.05, 0.1) is 18.7 Å². The molecule has 4 rings (SSSR count). The Morgan fingerprint density at radius 1 is 1.27 bits per heavy atom. The van der Waals surface area contributed by atoms with Crippen molar-refractivity contribution in [3.8, 4) is 5.88 Å². The maximum Gasteiger partial charge on any atom is 0.255 e. The van der Waals surface area contributed by atoms with Crippen molar-refractivity contribution in [3.05, 3.63) is 35.5 Å². The number of rotatable bonds is 4. The van der Waals surface area contributed by atoms with Gasteiger partial charge >= 0.3 is 0 Å². The molecule has 138 valence electrons. The van der Waals surface area contributed by atoms with Crippen LogP contribution in [0.2, 0.25) is 0 Å². The second kappa shape index (κ2) is 6.70. The summed E-state index contributed by atoms with van der Waals surface area (Å²) in [4.78, 5) is 19.4. The Bertz CT molecular complexity index is 799. The smallest absolute Gasteiger partial charge is 0.255 e. The van der Waals surface area contributed by atoms with Crippen LogP contribution in [0.15, 0.2) is 18.3 Å². The average Bonchev–Trinajstić information content (AvgIpc) is 3.13. The predicted molar refractivity (Wildman–Crippen MR) is 96.0 cm³/mol. The lowest BCUT2D eigenvalue weighted by molar-refractivity contribution is 0.0664. The first kappa shape index (κ1) is 17.0. The molecule has 0 aromatic carbocycles. The summed E-state index contributed by atoms with van der Waals surface area (Å²) in [6.45, 7) is 5.17. The number of pyridine rings is 1. The van der Waals surface area contributed by atoms with E-state index in [4.69, 9.17) is 4.74 Å². The number of ether oxygens (including phenoxy) is 1. The van der Waals surface area contributed by atoms with Crippen molar-refractivity contribution in [1.82, 2.24) is 24.6 Å². The molecule has 2 aromatic heterocycles. The number of amides is 1. The molecule has 2 atom stereocenters. The van der Waals surface area contributed by atoms with E-state index in [0.29, 0.717) is 17.4 Å². The third-order valence-corrected chi connectivity index (χ3v) is 5.35. The number of carbonyl (C=O) groups is 1. The van der Waals surface area contributed by atoms with Gasteiger partial charge in [-0.25, -0.2) is 4.98 Å². The highest BCUT2D eigenvalue weighted by atomic mass is 16.5. The molecule has 2 aliphatic heterocycles.